The van der Waals surface area contributed by atoms with Crippen molar-refractivity contribution in [3.8, 4) is 17.2 Å². The van der Waals surface area contributed by atoms with Gasteiger partial charge in [0.15, 0.2) is 11.5 Å². The third-order valence-electron chi connectivity index (χ3n) is 4.67. The Hall–Kier alpha value is -3.31. The summed E-state index contributed by atoms with van der Waals surface area (Å²) in [4.78, 5) is 24.9. The Bertz CT molecular complexity index is 1130. The first-order valence-electron chi connectivity index (χ1n) is 9.98. The van der Waals surface area contributed by atoms with E-state index in [0.717, 1.165) is 0 Å². The van der Waals surface area contributed by atoms with E-state index in [9.17, 15) is 18.0 Å². The summed E-state index contributed by atoms with van der Waals surface area (Å²) in [6, 6.07) is 6.00. The molecule has 2 rings (SSSR count). The second-order valence-electron chi connectivity index (χ2n) is 6.94. The number of carbonyl (C=O) groups is 2. The van der Waals surface area contributed by atoms with Gasteiger partial charge in [-0.3, -0.25) is 4.79 Å². The Kier molecular flexibility index (Phi) is 8.66. The van der Waals surface area contributed by atoms with E-state index in [1.165, 1.54) is 52.5 Å². The number of carbonyl (C=O) groups excluding carboxylic acids is 2. The number of ether oxygens (including phenoxy) is 4. The molecule has 2 N–H and O–H groups in total. The molecule has 0 spiro atoms. The number of methoxy groups -OCH3 is 3. The maximum Gasteiger partial charge on any atom is 0.340 e. The Morgan fingerprint density at radius 2 is 1.64 bits per heavy atom. The number of nitrogens with one attached hydrogen (secondary N) is 2. The first-order chi connectivity index (χ1) is 15.6. The molecule has 0 aliphatic carbocycles. The topological polar surface area (TPSA) is 129 Å². The number of hydrogen-bond acceptors (Lipinski definition) is 8. The number of sulfonamides is 1. The van der Waals surface area contributed by atoms with E-state index in [1.54, 1.807) is 13.0 Å². The van der Waals surface area contributed by atoms with E-state index >= 15 is 0 Å². The Balaban J connectivity index is 2.27. The number of amides is 1. The average Bonchev–Trinajstić information content (AvgIpc) is 2.79. The molecule has 0 saturated heterocycles. The average molecular weight is 481 g/mol. The van der Waals surface area contributed by atoms with Gasteiger partial charge in [0.25, 0.3) is 0 Å². The molecule has 10 nitrogen and oxygen atoms in total. The molecule has 0 aliphatic heterocycles. The Labute approximate surface area is 193 Å². The number of benzene rings is 2. The van der Waals surface area contributed by atoms with Gasteiger partial charge in [-0.15, -0.1) is 0 Å². The molecule has 11 heteroatoms. The van der Waals surface area contributed by atoms with Crippen LogP contribution in [0, 0.1) is 6.92 Å². The molecular weight excluding hydrogens is 452 g/mol. The molecule has 0 unspecified atom stereocenters. The van der Waals surface area contributed by atoms with Crippen molar-refractivity contribution in [3.63, 3.8) is 0 Å². The predicted molar refractivity (Wildman–Crippen MR) is 122 cm³/mol. The van der Waals surface area contributed by atoms with Gasteiger partial charge in [0.2, 0.25) is 15.9 Å². The zero-order valence-corrected chi connectivity index (χ0v) is 20.2. The molecule has 180 valence electrons. The predicted octanol–water partition coefficient (Wildman–Crippen LogP) is 2.50. The van der Waals surface area contributed by atoms with Crippen LogP contribution in [0.25, 0.3) is 0 Å². The number of rotatable bonds is 10. The minimum Gasteiger partial charge on any atom is -0.494 e. The summed E-state index contributed by atoms with van der Waals surface area (Å²) in [6.07, 6.45) is 0. The summed E-state index contributed by atoms with van der Waals surface area (Å²) in [5.74, 6) is -0.317. The molecule has 0 radical (unpaired) electrons. The molecule has 2 aromatic carbocycles. The van der Waals surface area contributed by atoms with Crippen molar-refractivity contribution >= 4 is 27.6 Å². The molecule has 1 atom stereocenters. The summed E-state index contributed by atoms with van der Waals surface area (Å²) >= 11 is 0. The summed E-state index contributed by atoms with van der Waals surface area (Å²) in [6.45, 7) is 5.39. The molecule has 0 aliphatic rings. The maximum absolute atomic E-state index is 12.8. The largest absolute Gasteiger partial charge is 0.494 e. The van der Waals surface area contributed by atoms with E-state index in [1.807, 2.05) is 6.92 Å². The van der Waals surface area contributed by atoms with Gasteiger partial charge in [0.1, 0.15) is 5.75 Å². The first kappa shape index (κ1) is 25.9. The van der Waals surface area contributed by atoms with E-state index in [-0.39, 0.29) is 27.6 Å². The van der Waals surface area contributed by atoms with E-state index in [2.05, 4.69) is 10.0 Å². The minimum atomic E-state index is -4.01. The van der Waals surface area contributed by atoms with Gasteiger partial charge in [-0.25, -0.2) is 13.2 Å². The third kappa shape index (κ3) is 6.14. The zero-order chi connectivity index (χ0) is 24.8. The van der Waals surface area contributed by atoms with Crippen LogP contribution in [0.2, 0.25) is 0 Å². The monoisotopic (exact) mass is 480 g/mol. The quantitative estimate of drug-likeness (QED) is 0.496. The highest BCUT2D eigenvalue weighted by Gasteiger charge is 2.25. The summed E-state index contributed by atoms with van der Waals surface area (Å²) < 4.78 is 48.5. The van der Waals surface area contributed by atoms with Crippen molar-refractivity contribution in [2.45, 2.75) is 31.7 Å². The summed E-state index contributed by atoms with van der Waals surface area (Å²) in [5, 5.41) is 2.54. The van der Waals surface area contributed by atoms with Crippen LogP contribution >= 0.6 is 0 Å². The van der Waals surface area contributed by atoms with Gasteiger partial charge in [-0.05, 0) is 44.5 Å². The molecule has 0 heterocycles. The van der Waals surface area contributed by atoms with Gasteiger partial charge >= 0.3 is 5.97 Å². The maximum atomic E-state index is 12.8. The zero-order valence-electron chi connectivity index (χ0n) is 19.3. The Morgan fingerprint density at radius 1 is 1.00 bits per heavy atom. The van der Waals surface area contributed by atoms with Crippen LogP contribution in [-0.4, -0.2) is 54.3 Å². The van der Waals surface area contributed by atoms with E-state index in [0.29, 0.717) is 17.9 Å². The number of anilines is 1. The molecule has 0 saturated carbocycles. The van der Waals surface area contributed by atoms with E-state index < -0.39 is 27.9 Å². The Morgan fingerprint density at radius 3 is 2.18 bits per heavy atom. The van der Waals surface area contributed by atoms with Gasteiger partial charge < -0.3 is 24.3 Å². The fourth-order valence-electron chi connectivity index (χ4n) is 2.96. The minimum absolute atomic E-state index is 0.00975. The number of esters is 1. The van der Waals surface area contributed by atoms with Crippen LogP contribution < -0.4 is 24.2 Å². The molecule has 2 aromatic rings. The second kappa shape index (κ2) is 11.0. The standard InChI is InChI=1S/C22H28N2O8S/c1-7-32-18-9-8-15(10-13(18)2)33(27,28)24-14(3)21(25)23-17-12-20(30-5)19(29-4)11-16(17)22(26)31-6/h8-12,14,24H,7H2,1-6H3,(H,23,25)/t14-/m0/s1. The van der Waals surface area contributed by atoms with Gasteiger partial charge in [0, 0.05) is 12.1 Å². The second-order valence-corrected chi connectivity index (χ2v) is 8.65. The SMILES string of the molecule is CCOc1ccc(S(=O)(=O)N[C@@H](C)C(=O)Nc2cc(OC)c(OC)cc2C(=O)OC)cc1C. The van der Waals surface area contributed by atoms with E-state index in [4.69, 9.17) is 18.9 Å². The summed E-state index contributed by atoms with van der Waals surface area (Å²) in [7, 11) is -0.0146. The van der Waals surface area contributed by atoms with Crippen molar-refractivity contribution in [2.24, 2.45) is 0 Å². The van der Waals surface area contributed by atoms with Crippen molar-refractivity contribution in [1.82, 2.24) is 4.72 Å². The van der Waals surface area contributed by atoms with Gasteiger partial charge in [-0.1, -0.05) is 0 Å². The highest BCUT2D eigenvalue weighted by Crippen LogP contribution is 2.34. The lowest BCUT2D eigenvalue weighted by atomic mass is 10.1. The molecule has 0 bridgehead atoms. The fraction of sp³-hybridized carbons (Fsp3) is 0.364. The van der Waals surface area contributed by atoms with Crippen LogP contribution in [0.1, 0.15) is 29.8 Å². The van der Waals surface area contributed by atoms with Gasteiger partial charge in [-0.2, -0.15) is 4.72 Å². The number of hydrogen-bond donors (Lipinski definition) is 2. The molecule has 1 amide bonds. The number of aryl methyl sites for hydroxylation is 1. The van der Waals surface area contributed by atoms with Crippen LogP contribution in [-0.2, 0) is 19.6 Å². The lowest BCUT2D eigenvalue weighted by Gasteiger charge is -2.18. The third-order valence-corrected chi connectivity index (χ3v) is 6.21. The molecule has 0 fully saturated rings. The van der Waals surface area contributed by atoms with Crippen molar-refractivity contribution < 1.29 is 37.0 Å². The highest BCUT2D eigenvalue weighted by molar-refractivity contribution is 7.89. The van der Waals surface area contributed by atoms with Crippen molar-refractivity contribution in [1.29, 1.82) is 0 Å². The van der Waals surface area contributed by atoms with Crippen LogP contribution in [0.4, 0.5) is 5.69 Å². The van der Waals surface area contributed by atoms with Crippen LogP contribution in [0.15, 0.2) is 35.2 Å². The van der Waals surface area contributed by atoms with Crippen LogP contribution in [0.5, 0.6) is 17.2 Å². The molecule has 33 heavy (non-hydrogen) atoms. The smallest absolute Gasteiger partial charge is 0.340 e. The lowest BCUT2D eigenvalue weighted by molar-refractivity contribution is -0.117. The van der Waals surface area contributed by atoms with Gasteiger partial charge in [0.05, 0.1) is 50.1 Å². The first-order valence-corrected chi connectivity index (χ1v) is 11.5. The molecular formula is C22H28N2O8S. The van der Waals surface area contributed by atoms with Crippen LogP contribution in [0.3, 0.4) is 0 Å². The summed E-state index contributed by atoms with van der Waals surface area (Å²) in [5.41, 5.74) is 0.734. The molecule has 0 aromatic heterocycles. The fourth-order valence-corrected chi connectivity index (χ4v) is 4.25. The van der Waals surface area contributed by atoms with Crippen molar-refractivity contribution in [2.75, 3.05) is 33.3 Å². The normalized spacial score (nSPS) is 11.9. The van der Waals surface area contributed by atoms with Crippen molar-refractivity contribution in [3.05, 3.63) is 41.5 Å². The lowest BCUT2D eigenvalue weighted by Crippen LogP contribution is -2.41. The highest BCUT2D eigenvalue weighted by atomic mass is 32.2.